The lowest BCUT2D eigenvalue weighted by molar-refractivity contribution is -0.151. The van der Waals surface area contributed by atoms with Gasteiger partial charge in [0.05, 0.1) is 11.1 Å². The number of piperidine rings is 1. The van der Waals surface area contributed by atoms with Crippen molar-refractivity contribution in [3.05, 3.63) is 17.0 Å². The van der Waals surface area contributed by atoms with Gasteiger partial charge in [0.1, 0.15) is 11.8 Å². The van der Waals surface area contributed by atoms with E-state index >= 15 is 0 Å². The van der Waals surface area contributed by atoms with Gasteiger partial charge in [-0.05, 0) is 64.5 Å². The predicted octanol–water partition coefficient (Wildman–Crippen LogP) is 1.63. The van der Waals surface area contributed by atoms with Gasteiger partial charge in [0.15, 0.2) is 0 Å². The Hall–Kier alpha value is -2.42. The van der Waals surface area contributed by atoms with Crippen LogP contribution in [0.15, 0.2) is 0 Å². The van der Waals surface area contributed by atoms with Crippen molar-refractivity contribution in [1.29, 1.82) is 0 Å². The Morgan fingerprint density at radius 2 is 1.81 bits per heavy atom. The fourth-order valence-electron chi connectivity index (χ4n) is 5.84. The number of amides is 1. The van der Waals surface area contributed by atoms with Crippen LogP contribution in [0.1, 0.15) is 66.7 Å². The number of fused-ring (bicyclic) bond motifs is 1. The van der Waals surface area contributed by atoms with Crippen LogP contribution in [0.5, 0.6) is 0 Å². The van der Waals surface area contributed by atoms with Crippen LogP contribution in [0, 0.1) is 5.41 Å². The maximum absolute atomic E-state index is 13.3. The van der Waals surface area contributed by atoms with E-state index in [1.54, 1.807) is 4.68 Å². The van der Waals surface area contributed by atoms with E-state index in [9.17, 15) is 9.59 Å². The monoisotopic (exact) mass is 446 g/mol. The minimum absolute atomic E-state index is 0.0203. The number of nitrogens with zero attached hydrogens (tertiary/aromatic N) is 4. The van der Waals surface area contributed by atoms with Gasteiger partial charge in [0, 0.05) is 38.7 Å². The number of aryl methyl sites for hydroxylation is 2. The van der Waals surface area contributed by atoms with E-state index in [1.807, 2.05) is 11.9 Å². The molecule has 1 unspecified atom stereocenters. The molecule has 0 radical (unpaired) electrons. The van der Waals surface area contributed by atoms with Crippen LogP contribution in [0.2, 0.25) is 0 Å². The fourth-order valence-corrected chi connectivity index (χ4v) is 5.84. The number of hydrogen-bond acceptors (Lipinski definition) is 6. The summed E-state index contributed by atoms with van der Waals surface area (Å²) in [5.74, 6) is 0.0460. The normalized spacial score (nSPS) is 24.6. The summed E-state index contributed by atoms with van der Waals surface area (Å²) in [6.45, 7) is 4.13. The largest absolute Gasteiger partial charge is 0.483 e. The van der Waals surface area contributed by atoms with Crippen LogP contribution >= 0.6 is 0 Å². The van der Waals surface area contributed by atoms with Crippen molar-refractivity contribution in [2.45, 2.75) is 63.9 Å². The Bertz CT molecular complexity index is 853. The van der Waals surface area contributed by atoms with Crippen molar-refractivity contribution in [1.82, 2.24) is 19.6 Å². The number of likely N-dealkylation sites (tertiary alicyclic amines) is 2. The molecule has 1 amide bonds. The van der Waals surface area contributed by atoms with Gasteiger partial charge in [0.2, 0.25) is 0 Å². The summed E-state index contributed by atoms with van der Waals surface area (Å²) in [7, 11) is 1.88. The van der Waals surface area contributed by atoms with Crippen LogP contribution in [-0.2, 0) is 34.2 Å². The maximum Gasteiger partial charge on any atom is 0.312 e. The average molecular weight is 447 g/mol. The minimum Gasteiger partial charge on any atom is -0.483 e. The molecule has 1 aromatic heterocycles. The van der Waals surface area contributed by atoms with Gasteiger partial charge >= 0.3 is 5.97 Å². The number of carbonyl (C=O) groups excluding carboxylic acids is 2. The molecule has 4 heterocycles. The Morgan fingerprint density at radius 1 is 1.16 bits per heavy atom. The second kappa shape index (κ2) is 9.60. The van der Waals surface area contributed by atoms with Crippen LogP contribution in [0.3, 0.4) is 0 Å². The molecule has 1 spiro atoms. The van der Waals surface area contributed by atoms with Crippen LogP contribution in [0.25, 0.3) is 0 Å². The second-order valence-corrected chi connectivity index (χ2v) is 9.52. The third-order valence-corrected chi connectivity index (χ3v) is 7.51. The molecule has 1 aromatic rings. The predicted molar refractivity (Wildman–Crippen MR) is 116 cm³/mol. The van der Waals surface area contributed by atoms with E-state index in [-0.39, 0.29) is 29.9 Å². The second-order valence-electron chi connectivity index (χ2n) is 9.52. The fraction of sp³-hybridized carbons (Fsp3) is 0.739. The molecule has 32 heavy (non-hydrogen) atoms. The highest BCUT2D eigenvalue weighted by atomic mass is 16.6. The Labute approximate surface area is 188 Å². The zero-order chi connectivity index (χ0) is 22.7. The quantitative estimate of drug-likeness (QED) is 0.556. The molecule has 5 rings (SSSR count). The number of hydrogen-bond donors (Lipinski definition) is 1. The van der Waals surface area contributed by atoms with Crippen molar-refractivity contribution in [3.8, 4) is 0 Å². The van der Waals surface area contributed by atoms with E-state index in [2.05, 4.69) is 10.00 Å². The van der Waals surface area contributed by atoms with E-state index in [1.165, 1.54) is 12.8 Å². The Kier molecular flexibility index (Phi) is 6.83. The number of aromatic nitrogens is 2. The molecule has 1 atom stereocenters. The summed E-state index contributed by atoms with van der Waals surface area (Å²) in [6, 6.07) is 0. The highest BCUT2D eigenvalue weighted by molar-refractivity contribution is 5.94. The average Bonchev–Trinajstić information content (AvgIpc) is 3.47. The summed E-state index contributed by atoms with van der Waals surface area (Å²) >= 11 is 0. The van der Waals surface area contributed by atoms with E-state index in [0.717, 1.165) is 68.7 Å². The van der Waals surface area contributed by atoms with Crippen molar-refractivity contribution < 1.29 is 24.2 Å². The first-order valence-electron chi connectivity index (χ1n) is 11.8. The number of ether oxygens (including phenoxy) is 1. The summed E-state index contributed by atoms with van der Waals surface area (Å²) in [5.41, 5.74) is 2.62. The van der Waals surface area contributed by atoms with Crippen LogP contribution < -0.4 is 0 Å². The summed E-state index contributed by atoms with van der Waals surface area (Å²) in [6.07, 6.45) is 8.98. The van der Waals surface area contributed by atoms with Gasteiger partial charge in [-0.3, -0.25) is 24.0 Å². The lowest BCUT2D eigenvalue weighted by Crippen LogP contribution is -2.45. The van der Waals surface area contributed by atoms with Crippen molar-refractivity contribution in [2.75, 3.05) is 32.7 Å². The summed E-state index contributed by atoms with van der Waals surface area (Å²) in [5, 5.41) is 11.5. The van der Waals surface area contributed by atoms with Gasteiger partial charge < -0.3 is 14.7 Å². The molecule has 0 saturated carbocycles. The molecule has 1 N–H and O–H groups in total. The first kappa shape index (κ1) is 22.8. The van der Waals surface area contributed by atoms with E-state index < -0.39 is 0 Å². The molecule has 3 aliphatic heterocycles. The van der Waals surface area contributed by atoms with Crippen molar-refractivity contribution >= 4 is 18.3 Å². The highest BCUT2D eigenvalue weighted by Gasteiger charge is 2.51. The molecule has 0 bridgehead atoms. The smallest absolute Gasteiger partial charge is 0.312 e. The zero-order valence-corrected chi connectivity index (χ0v) is 18.9. The number of carboxylic acid groups (broad SMARTS) is 1. The van der Waals surface area contributed by atoms with Gasteiger partial charge in [-0.1, -0.05) is 0 Å². The van der Waals surface area contributed by atoms with E-state index in [4.69, 9.17) is 14.6 Å². The zero-order valence-electron chi connectivity index (χ0n) is 18.9. The topological polar surface area (TPSA) is 105 Å². The van der Waals surface area contributed by atoms with Gasteiger partial charge in [-0.15, -0.1) is 0 Å². The highest BCUT2D eigenvalue weighted by Crippen LogP contribution is 2.43. The van der Waals surface area contributed by atoms with Crippen LogP contribution in [0.4, 0.5) is 0 Å². The molecule has 3 fully saturated rings. The number of rotatable bonds is 3. The molecule has 1 aliphatic carbocycles. The number of cyclic esters (lactones) is 1. The first-order chi connectivity index (χ1) is 15.5. The van der Waals surface area contributed by atoms with Gasteiger partial charge in [0.25, 0.3) is 12.4 Å². The molecule has 4 aliphatic rings. The summed E-state index contributed by atoms with van der Waals surface area (Å²) < 4.78 is 7.56. The number of esters is 1. The minimum atomic E-state index is -0.382. The maximum atomic E-state index is 13.3. The standard InChI is InChI=1S/C22H32N4O3.CH2O2/c1-24-19(17-6-2-3-7-18(17)23-24)20(27)26-12-8-22(9-13-26)14-16(29-21(22)28)15-25-10-4-5-11-25;2-1-3/h16H,2-15H2,1H3;1H,(H,2,3). The van der Waals surface area contributed by atoms with E-state index in [0.29, 0.717) is 25.9 Å². The lowest BCUT2D eigenvalue weighted by atomic mass is 9.76. The van der Waals surface area contributed by atoms with Crippen molar-refractivity contribution in [2.24, 2.45) is 12.5 Å². The lowest BCUT2D eigenvalue weighted by Gasteiger charge is -2.36. The SMILES string of the molecule is Cn1nc2c(c1C(=O)N1CCC3(CC1)CC(CN1CCCC1)OC3=O)CCCC2.O=CO. The third-order valence-electron chi connectivity index (χ3n) is 7.51. The molecule has 9 nitrogen and oxygen atoms in total. The number of carbonyl (C=O) groups is 3. The Morgan fingerprint density at radius 3 is 2.50 bits per heavy atom. The summed E-state index contributed by atoms with van der Waals surface area (Å²) in [4.78, 5) is 38.7. The van der Waals surface area contributed by atoms with Gasteiger partial charge in [-0.2, -0.15) is 5.10 Å². The molecule has 9 heteroatoms. The third kappa shape index (κ3) is 4.40. The molecule has 3 saturated heterocycles. The van der Waals surface area contributed by atoms with Gasteiger partial charge in [-0.25, -0.2) is 0 Å². The molecule has 176 valence electrons. The van der Waals surface area contributed by atoms with Crippen LogP contribution in [-0.4, -0.2) is 81.9 Å². The molecule has 0 aromatic carbocycles. The van der Waals surface area contributed by atoms with Crippen molar-refractivity contribution in [3.63, 3.8) is 0 Å². The first-order valence-corrected chi connectivity index (χ1v) is 11.8. The Balaban J connectivity index is 0.000000775. The molecular formula is C23H34N4O5. The molecular weight excluding hydrogens is 412 g/mol.